The Morgan fingerprint density at radius 1 is 1.25 bits per heavy atom. The Hall–Kier alpha value is -2.11. The van der Waals surface area contributed by atoms with E-state index in [1.54, 1.807) is 6.92 Å². The van der Waals surface area contributed by atoms with Crippen LogP contribution in [0.4, 0.5) is 0 Å². The van der Waals surface area contributed by atoms with Gasteiger partial charge in [-0.25, -0.2) is 9.59 Å². The minimum absolute atomic E-state index is 0.00819. The molecule has 0 aromatic rings. The fourth-order valence-electron chi connectivity index (χ4n) is 1.91. The molecule has 0 spiro atoms. The molecular weight excluding hydrogens is 262 g/mol. The van der Waals surface area contributed by atoms with Gasteiger partial charge in [-0.2, -0.15) is 0 Å². The van der Waals surface area contributed by atoms with Crippen LogP contribution in [-0.4, -0.2) is 36.1 Å². The Balaban J connectivity index is 2.48. The third kappa shape index (κ3) is 4.53. The van der Waals surface area contributed by atoms with E-state index in [2.05, 4.69) is 11.9 Å². The molecule has 0 aromatic heterocycles. The highest BCUT2D eigenvalue weighted by Crippen LogP contribution is 2.25. The van der Waals surface area contributed by atoms with Gasteiger partial charge in [0.05, 0.1) is 6.54 Å². The van der Waals surface area contributed by atoms with Gasteiger partial charge in [0.25, 0.3) is 0 Å². The maximum absolute atomic E-state index is 11.8. The van der Waals surface area contributed by atoms with Crippen molar-refractivity contribution in [3.63, 3.8) is 0 Å². The molecule has 110 valence electrons. The average molecular weight is 281 g/mol. The van der Waals surface area contributed by atoms with Crippen LogP contribution in [0.5, 0.6) is 0 Å². The SMILES string of the molecule is C=C(C)C(=O)NCCOC(=O)C1=C(C(=O)O)CCCC1. The summed E-state index contributed by atoms with van der Waals surface area (Å²) in [5, 5.41) is 11.6. The summed E-state index contributed by atoms with van der Waals surface area (Å²) >= 11 is 0. The van der Waals surface area contributed by atoms with E-state index in [-0.39, 0.29) is 30.2 Å². The van der Waals surface area contributed by atoms with Crippen molar-refractivity contribution in [1.29, 1.82) is 0 Å². The molecule has 0 radical (unpaired) electrons. The van der Waals surface area contributed by atoms with E-state index in [0.717, 1.165) is 12.8 Å². The molecular formula is C14H19NO5. The van der Waals surface area contributed by atoms with E-state index in [1.165, 1.54) is 0 Å². The van der Waals surface area contributed by atoms with E-state index < -0.39 is 11.9 Å². The highest BCUT2D eigenvalue weighted by atomic mass is 16.5. The first-order chi connectivity index (χ1) is 9.43. The monoisotopic (exact) mass is 281 g/mol. The number of esters is 1. The molecule has 20 heavy (non-hydrogen) atoms. The van der Waals surface area contributed by atoms with Gasteiger partial charge in [0.15, 0.2) is 0 Å². The topological polar surface area (TPSA) is 92.7 Å². The fraction of sp³-hybridized carbons (Fsp3) is 0.500. The standard InChI is InChI=1S/C14H19NO5/c1-9(2)12(16)15-7-8-20-14(19)11-6-4-3-5-10(11)13(17)18/h1,3-8H2,2H3,(H,15,16)(H,17,18). The molecule has 1 aliphatic carbocycles. The Morgan fingerprint density at radius 3 is 2.40 bits per heavy atom. The number of nitrogens with one attached hydrogen (secondary N) is 1. The largest absolute Gasteiger partial charge is 0.478 e. The van der Waals surface area contributed by atoms with Crippen LogP contribution < -0.4 is 5.32 Å². The lowest BCUT2D eigenvalue weighted by Gasteiger charge is -2.16. The second kappa shape index (κ2) is 7.47. The summed E-state index contributed by atoms with van der Waals surface area (Å²) in [4.78, 5) is 34.0. The minimum Gasteiger partial charge on any atom is -0.478 e. The summed E-state index contributed by atoms with van der Waals surface area (Å²) in [5.74, 6) is -1.97. The zero-order chi connectivity index (χ0) is 15.1. The molecule has 0 aliphatic heterocycles. The number of carboxylic acids is 1. The van der Waals surface area contributed by atoms with Gasteiger partial charge in [-0.3, -0.25) is 4.79 Å². The Kier molecular flexibility index (Phi) is 5.96. The minimum atomic E-state index is -1.06. The average Bonchev–Trinajstić information content (AvgIpc) is 2.42. The summed E-state index contributed by atoms with van der Waals surface area (Å²) in [6, 6.07) is 0. The van der Waals surface area contributed by atoms with E-state index >= 15 is 0 Å². The normalized spacial score (nSPS) is 14.7. The third-order valence-corrected chi connectivity index (χ3v) is 2.98. The third-order valence-electron chi connectivity index (χ3n) is 2.98. The van der Waals surface area contributed by atoms with Crippen LogP contribution in [0.3, 0.4) is 0 Å². The highest BCUT2D eigenvalue weighted by molar-refractivity contribution is 5.99. The Morgan fingerprint density at radius 2 is 1.85 bits per heavy atom. The zero-order valence-electron chi connectivity index (χ0n) is 11.5. The van der Waals surface area contributed by atoms with E-state index in [1.807, 2.05) is 0 Å². The lowest BCUT2D eigenvalue weighted by Crippen LogP contribution is -2.29. The van der Waals surface area contributed by atoms with Gasteiger partial charge < -0.3 is 15.2 Å². The van der Waals surface area contributed by atoms with E-state index in [9.17, 15) is 14.4 Å². The van der Waals surface area contributed by atoms with Crippen molar-refractivity contribution >= 4 is 17.8 Å². The quantitative estimate of drug-likeness (QED) is 0.433. The van der Waals surface area contributed by atoms with Gasteiger partial charge >= 0.3 is 11.9 Å². The number of carbonyl (C=O) groups is 3. The van der Waals surface area contributed by atoms with Crippen LogP contribution in [-0.2, 0) is 19.1 Å². The number of amides is 1. The zero-order valence-corrected chi connectivity index (χ0v) is 11.5. The molecule has 1 rings (SSSR count). The van der Waals surface area contributed by atoms with Crippen molar-refractivity contribution in [2.75, 3.05) is 13.2 Å². The van der Waals surface area contributed by atoms with Crippen LogP contribution in [0.1, 0.15) is 32.6 Å². The molecule has 0 aromatic carbocycles. The molecule has 6 nitrogen and oxygen atoms in total. The maximum Gasteiger partial charge on any atom is 0.334 e. The summed E-state index contributed by atoms with van der Waals surface area (Å²) in [6.45, 7) is 5.24. The van der Waals surface area contributed by atoms with E-state index in [4.69, 9.17) is 9.84 Å². The predicted molar refractivity (Wildman–Crippen MR) is 71.9 cm³/mol. The number of hydrogen-bond acceptors (Lipinski definition) is 4. The Bertz CT molecular complexity index is 464. The maximum atomic E-state index is 11.8. The number of hydrogen-bond donors (Lipinski definition) is 2. The number of carboxylic acid groups (broad SMARTS) is 1. The molecule has 2 N–H and O–H groups in total. The van der Waals surface area contributed by atoms with Crippen LogP contribution in [0.15, 0.2) is 23.3 Å². The first-order valence-corrected chi connectivity index (χ1v) is 6.49. The van der Waals surface area contributed by atoms with Gasteiger partial charge in [-0.1, -0.05) is 6.58 Å². The fourth-order valence-corrected chi connectivity index (χ4v) is 1.91. The number of aliphatic carboxylic acids is 1. The second-order valence-electron chi connectivity index (χ2n) is 4.64. The van der Waals surface area contributed by atoms with Gasteiger partial charge in [0, 0.05) is 16.7 Å². The first-order valence-electron chi connectivity index (χ1n) is 6.49. The van der Waals surface area contributed by atoms with Crippen molar-refractivity contribution in [3.8, 4) is 0 Å². The molecule has 0 saturated carbocycles. The van der Waals surface area contributed by atoms with Crippen molar-refractivity contribution < 1.29 is 24.2 Å². The lowest BCUT2D eigenvalue weighted by molar-refractivity contribution is -0.141. The molecule has 6 heteroatoms. The highest BCUT2D eigenvalue weighted by Gasteiger charge is 2.24. The smallest absolute Gasteiger partial charge is 0.334 e. The van der Waals surface area contributed by atoms with Crippen molar-refractivity contribution in [1.82, 2.24) is 5.32 Å². The number of ether oxygens (including phenoxy) is 1. The van der Waals surface area contributed by atoms with Crippen LogP contribution in [0.2, 0.25) is 0 Å². The molecule has 1 aliphatic rings. The van der Waals surface area contributed by atoms with Crippen molar-refractivity contribution in [2.24, 2.45) is 0 Å². The predicted octanol–water partition coefficient (Wildman–Crippen LogP) is 1.18. The number of rotatable bonds is 6. The lowest BCUT2D eigenvalue weighted by atomic mass is 9.92. The summed E-state index contributed by atoms with van der Waals surface area (Å²) in [7, 11) is 0. The molecule has 0 saturated heterocycles. The van der Waals surface area contributed by atoms with Crippen LogP contribution >= 0.6 is 0 Å². The molecule has 0 bridgehead atoms. The summed E-state index contributed by atoms with van der Waals surface area (Å²) < 4.78 is 4.99. The Labute approximate surface area is 117 Å². The van der Waals surface area contributed by atoms with Gasteiger partial charge in [-0.15, -0.1) is 0 Å². The van der Waals surface area contributed by atoms with Crippen molar-refractivity contribution in [3.05, 3.63) is 23.3 Å². The summed E-state index contributed by atoms with van der Waals surface area (Å²) in [5.41, 5.74) is 0.765. The summed E-state index contributed by atoms with van der Waals surface area (Å²) in [6.07, 6.45) is 2.38. The molecule has 0 atom stereocenters. The molecule has 1 amide bonds. The second-order valence-corrected chi connectivity index (χ2v) is 4.64. The van der Waals surface area contributed by atoms with Gasteiger partial charge in [0.1, 0.15) is 6.61 Å². The number of carbonyl (C=O) groups excluding carboxylic acids is 2. The molecule has 0 heterocycles. The van der Waals surface area contributed by atoms with Crippen LogP contribution in [0, 0.1) is 0 Å². The molecule has 0 fully saturated rings. The first kappa shape index (κ1) is 15.9. The van der Waals surface area contributed by atoms with Gasteiger partial charge in [0.2, 0.25) is 5.91 Å². The van der Waals surface area contributed by atoms with Crippen LogP contribution in [0.25, 0.3) is 0 Å². The van der Waals surface area contributed by atoms with Crippen molar-refractivity contribution in [2.45, 2.75) is 32.6 Å². The van der Waals surface area contributed by atoms with Gasteiger partial charge in [-0.05, 0) is 32.6 Å². The van der Waals surface area contributed by atoms with E-state index in [0.29, 0.717) is 18.4 Å². The molecule has 0 unspecified atom stereocenters.